The molecular formula is C11H16N6O9. The minimum Gasteiger partial charge on any atom is -0.461 e. The Balaban J connectivity index is 3.18. The van der Waals surface area contributed by atoms with Gasteiger partial charge in [0.05, 0.1) is 12.2 Å². The Labute approximate surface area is 145 Å². The zero-order valence-electron chi connectivity index (χ0n) is 14.2. The minimum absolute atomic E-state index is 0.283. The monoisotopic (exact) mass is 376 g/mol. The summed E-state index contributed by atoms with van der Waals surface area (Å²) in [6, 6.07) is -1.23. The summed E-state index contributed by atoms with van der Waals surface area (Å²) >= 11 is 0. The molecule has 0 bridgehead atoms. The van der Waals surface area contributed by atoms with Crippen LogP contribution >= 0.6 is 0 Å². The maximum atomic E-state index is 10.9. The van der Waals surface area contributed by atoms with E-state index in [2.05, 4.69) is 15.0 Å². The predicted molar refractivity (Wildman–Crippen MR) is 80.6 cm³/mol. The molecule has 0 N–H and O–H groups in total. The molecule has 0 atom stereocenters. The van der Waals surface area contributed by atoms with Crippen molar-refractivity contribution in [1.29, 1.82) is 0 Å². The van der Waals surface area contributed by atoms with E-state index in [1.54, 1.807) is 27.7 Å². The first kappa shape index (κ1) is 20.7. The number of hydrogen-bond acceptors (Lipinski definition) is 12. The average Bonchev–Trinajstić information content (AvgIpc) is 2.44. The van der Waals surface area contributed by atoms with Gasteiger partial charge >= 0.3 is 30.4 Å². The van der Waals surface area contributed by atoms with E-state index < -0.39 is 33.2 Å². The maximum Gasteiger partial charge on any atom is 0.734 e. The summed E-state index contributed by atoms with van der Waals surface area (Å²) in [4.78, 5) is 38.8. The van der Waals surface area contributed by atoms with Crippen molar-refractivity contribution in [2.75, 3.05) is 6.61 Å². The fraction of sp³-hybridized carbons (Fsp3) is 0.727. The lowest BCUT2D eigenvalue weighted by Crippen LogP contribution is -2.57. The molecule has 0 saturated heterocycles. The van der Waals surface area contributed by atoms with Gasteiger partial charge in [-0.15, -0.1) is 15.0 Å². The lowest BCUT2D eigenvalue weighted by Gasteiger charge is -2.13. The van der Waals surface area contributed by atoms with Crippen LogP contribution in [0.25, 0.3) is 0 Å². The van der Waals surface area contributed by atoms with E-state index in [9.17, 15) is 30.3 Å². The fourth-order valence-corrected chi connectivity index (χ4v) is 1.43. The molecule has 1 heterocycles. The summed E-state index contributed by atoms with van der Waals surface area (Å²) in [5.41, 5.74) is 0. The Bertz CT molecular complexity index is 630. The largest absolute Gasteiger partial charge is 0.734 e. The first-order valence-corrected chi connectivity index (χ1v) is 7.14. The highest BCUT2D eigenvalue weighted by atomic mass is 16.7. The van der Waals surface area contributed by atoms with Crippen LogP contribution in [0.3, 0.4) is 0 Å². The third kappa shape index (κ3) is 4.81. The lowest BCUT2D eigenvalue weighted by atomic mass is 10.4. The second-order valence-corrected chi connectivity index (χ2v) is 5.35. The zero-order chi connectivity index (χ0) is 20.1. The van der Waals surface area contributed by atoms with E-state index in [0.717, 1.165) is 0 Å². The van der Waals surface area contributed by atoms with Crippen LogP contribution in [-0.2, 0) is 0 Å². The van der Waals surface area contributed by atoms with Gasteiger partial charge in [0, 0.05) is 0 Å². The third-order valence-electron chi connectivity index (χ3n) is 2.53. The van der Waals surface area contributed by atoms with Gasteiger partial charge in [0.1, 0.15) is 0 Å². The summed E-state index contributed by atoms with van der Waals surface area (Å²) < 4.78 is 15.2. The van der Waals surface area contributed by atoms with E-state index >= 15 is 0 Å². The molecule has 0 unspecified atom stereocenters. The molecule has 144 valence electrons. The van der Waals surface area contributed by atoms with Gasteiger partial charge in [-0.1, -0.05) is 0 Å². The Kier molecular flexibility index (Phi) is 6.46. The molecule has 0 radical (unpaired) electrons. The molecule has 15 nitrogen and oxygen atoms in total. The minimum atomic E-state index is -3.81. The highest BCUT2D eigenvalue weighted by Crippen LogP contribution is 2.19. The van der Waals surface area contributed by atoms with Gasteiger partial charge in [-0.3, -0.25) is 30.3 Å². The standard InChI is InChI=1S/C11H16N6O9/c1-6(2)25-9-12-8(13-10(14-9)26-7(3)4)24-5-11(15(18)19,16(20)21)17(22)23/h6-7H,5H2,1-4H3. The summed E-state index contributed by atoms with van der Waals surface area (Å²) in [6.45, 7) is 5.07. The van der Waals surface area contributed by atoms with E-state index in [4.69, 9.17) is 14.2 Å². The normalized spacial score (nSPS) is 11.3. The molecule has 0 aliphatic heterocycles. The quantitative estimate of drug-likeness (QED) is 0.308. The Hall–Kier alpha value is -3.39. The lowest BCUT2D eigenvalue weighted by molar-refractivity contribution is -0.969. The SMILES string of the molecule is CC(C)Oc1nc(OCC([N+](=O)[O-])([N+](=O)[O-])[N+](=O)[O-])nc(OC(C)C)n1. The van der Waals surface area contributed by atoms with Crippen LogP contribution in [0.4, 0.5) is 0 Å². The van der Waals surface area contributed by atoms with E-state index in [1.165, 1.54) is 0 Å². The van der Waals surface area contributed by atoms with Crippen molar-refractivity contribution in [1.82, 2.24) is 15.0 Å². The van der Waals surface area contributed by atoms with Crippen molar-refractivity contribution in [2.24, 2.45) is 0 Å². The molecule has 26 heavy (non-hydrogen) atoms. The van der Waals surface area contributed by atoms with Gasteiger partial charge in [0.15, 0.2) is 14.8 Å². The molecule has 0 saturated carbocycles. The highest BCUT2D eigenvalue weighted by molar-refractivity contribution is 5.09. The molecule has 0 aliphatic rings. The van der Waals surface area contributed by atoms with Gasteiger partial charge in [0.2, 0.25) is 0 Å². The van der Waals surface area contributed by atoms with E-state index in [0.29, 0.717) is 0 Å². The molecule has 1 aromatic heterocycles. The molecule has 0 aliphatic carbocycles. The van der Waals surface area contributed by atoms with Gasteiger partial charge in [-0.25, -0.2) is 0 Å². The van der Waals surface area contributed by atoms with Gasteiger partial charge < -0.3 is 14.2 Å². The van der Waals surface area contributed by atoms with E-state index in [1.807, 2.05) is 0 Å². The van der Waals surface area contributed by atoms with Crippen molar-refractivity contribution in [3.63, 3.8) is 0 Å². The Morgan fingerprint density at radius 1 is 0.808 bits per heavy atom. The second kappa shape index (κ2) is 8.13. The van der Waals surface area contributed by atoms with Crippen LogP contribution in [0.15, 0.2) is 0 Å². The van der Waals surface area contributed by atoms with Crippen LogP contribution < -0.4 is 14.2 Å². The van der Waals surface area contributed by atoms with Gasteiger partial charge in [-0.2, -0.15) is 0 Å². The van der Waals surface area contributed by atoms with Gasteiger partial charge in [-0.05, 0) is 27.7 Å². The molecule has 0 aromatic carbocycles. The fourth-order valence-electron chi connectivity index (χ4n) is 1.43. The number of rotatable bonds is 10. The van der Waals surface area contributed by atoms with Crippen LogP contribution in [0.2, 0.25) is 0 Å². The first-order valence-electron chi connectivity index (χ1n) is 7.14. The number of nitro groups is 3. The summed E-state index contributed by atoms with van der Waals surface area (Å²) in [7, 11) is 0. The topological polar surface area (TPSA) is 196 Å². The summed E-state index contributed by atoms with van der Waals surface area (Å²) in [6.07, 6.45) is -0.736. The molecule has 0 spiro atoms. The molecule has 0 amide bonds. The molecule has 1 rings (SSSR count). The second-order valence-electron chi connectivity index (χ2n) is 5.35. The first-order chi connectivity index (χ1) is 12.0. The summed E-state index contributed by atoms with van der Waals surface area (Å²) in [5.74, 6) is -3.81. The van der Waals surface area contributed by atoms with E-state index in [-0.39, 0.29) is 24.2 Å². The van der Waals surface area contributed by atoms with Crippen molar-refractivity contribution < 1.29 is 29.0 Å². The molecular weight excluding hydrogens is 360 g/mol. The van der Waals surface area contributed by atoms with Crippen LogP contribution in [0.1, 0.15) is 27.7 Å². The Morgan fingerprint density at radius 2 is 1.15 bits per heavy atom. The van der Waals surface area contributed by atoms with Crippen molar-refractivity contribution in [2.45, 2.75) is 45.7 Å². The van der Waals surface area contributed by atoms with Crippen molar-refractivity contribution >= 4 is 0 Å². The molecule has 0 fully saturated rings. The number of nitrogens with zero attached hydrogens (tertiary/aromatic N) is 6. The number of hydrogen-bond donors (Lipinski definition) is 0. The maximum absolute atomic E-state index is 10.9. The summed E-state index contributed by atoms with van der Waals surface area (Å²) in [5, 5.41) is 32.7. The number of ether oxygens (including phenoxy) is 3. The van der Waals surface area contributed by atoms with Gasteiger partial charge in [0.25, 0.3) is 0 Å². The predicted octanol–water partition coefficient (Wildman–Crippen LogP) is 0.309. The van der Waals surface area contributed by atoms with Crippen molar-refractivity contribution in [3.8, 4) is 18.0 Å². The number of aromatic nitrogens is 3. The van der Waals surface area contributed by atoms with Crippen LogP contribution in [-0.4, -0.2) is 54.3 Å². The smallest absolute Gasteiger partial charge is 0.461 e. The van der Waals surface area contributed by atoms with Crippen LogP contribution in [0, 0.1) is 30.3 Å². The van der Waals surface area contributed by atoms with Crippen molar-refractivity contribution in [3.05, 3.63) is 30.3 Å². The molecule has 15 heteroatoms. The third-order valence-corrected chi connectivity index (χ3v) is 2.53. The molecule has 1 aromatic rings. The highest BCUT2D eigenvalue weighted by Gasteiger charge is 2.72. The Morgan fingerprint density at radius 3 is 1.46 bits per heavy atom. The average molecular weight is 376 g/mol. The van der Waals surface area contributed by atoms with Crippen LogP contribution in [0.5, 0.6) is 18.0 Å². The zero-order valence-corrected chi connectivity index (χ0v) is 14.2.